The van der Waals surface area contributed by atoms with Crippen LogP contribution in [0, 0.1) is 5.92 Å². The van der Waals surface area contributed by atoms with Crippen molar-refractivity contribution in [3.63, 3.8) is 0 Å². The Morgan fingerprint density at radius 2 is 2.39 bits per heavy atom. The Hall–Kier alpha value is -0.530. The fourth-order valence-electron chi connectivity index (χ4n) is 3.53. The summed E-state index contributed by atoms with van der Waals surface area (Å²) in [6.45, 7) is 10.8. The van der Waals surface area contributed by atoms with E-state index in [2.05, 4.69) is 35.7 Å². The Bertz CT molecular complexity index is 482. The first-order chi connectivity index (χ1) is 11.1. The number of hydrogen-bond donors (Lipinski definition) is 0. The number of thiazole rings is 1. The van der Waals surface area contributed by atoms with Crippen LogP contribution in [-0.4, -0.2) is 72.9 Å². The molecule has 3 rings (SSSR count). The van der Waals surface area contributed by atoms with Crippen LogP contribution >= 0.6 is 11.3 Å². The molecule has 0 bridgehead atoms. The minimum atomic E-state index is -0.129. The predicted molar refractivity (Wildman–Crippen MR) is 92.8 cm³/mol. The van der Waals surface area contributed by atoms with Crippen LogP contribution in [0.2, 0.25) is 0 Å². The van der Waals surface area contributed by atoms with Gasteiger partial charge in [0, 0.05) is 37.3 Å². The topological polar surface area (TPSA) is 37.8 Å². The average molecular weight is 340 g/mol. The van der Waals surface area contributed by atoms with Gasteiger partial charge in [-0.2, -0.15) is 0 Å². The maximum absolute atomic E-state index is 6.29. The zero-order chi connectivity index (χ0) is 16.3. The Kier molecular flexibility index (Phi) is 5.69. The molecule has 130 valence electrons. The van der Waals surface area contributed by atoms with Crippen molar-refractivity contribution >= 4 is 11.3 Å². The van der Waals surface area contributed by atoms with Crippen molar-refractivity contribution in [2.24, 2.45) is 5.92 Å². The van der Waals surface area contributed by atoms with Gasteiger partial charge < -0.3 is 14.4 Å². The van der Waals surface area contributed by atoms with Gasteiger partial charge in [0.15, 0.2) is 0 Å². The van der Waals surface area contributed by atoms with Gasteiger partial charge >= 0.3 is 0 Å². The molecule has 2 saturated heterocycles. The lowest BCUT2D eigenvalue weighted by Gasteiger charge is -2.31. The molecule has 1 aromatic heterocycles. The van der Waals surface area contributed by atoms with E-state index >= 15 is 0 Å². The molecule has 23 heavy (non-hydrogen) atoms. The van der Waals surface area contributed by atoms with Gasteiger partial charge in [-0.05, 0) is 33.2 Å². The van der Waals surface area contributed by atoms with Crippen LogP contribution in [0.4, 0.5) is 0 Å². The quantitative estimate of drug-likeness (QED) is 0.821. The SMILES string of the molecule is CC(C)N(C)C[C@@H]1CO[C@]2(COCCN(Cc3nccs3)C2)C1. The van der Waals surface area contributed by atoms with Crippen LogP contribution in [-0.2, 0) is 16.0 Å². The second-order valence-electron chi connectivity index (χ2n) is 7.29. The molecule has 2 aliphatic heterocycles. The number of ether oxygens (including phenoxy) is 2. The van der Waals surface area contributed by atoms with Crippen molar-refractivity contribution in [1.29, 1.82) is 0 Å². The van der Waals surface area contributed by atoms with E-state index in [-0.39, 0.29) is 5.60 Å². The van der Waals surface area contributed by atoms with Gasteiger partial charge in [-0.25, -0.2) is 4.98 Å². The molecule has 3 heterocycles. The van der Waals surface area contributed by atoms with Crippen LogP contribution in [0.25, 0.3) is 0 Å². The molecule has 0 radical (unpaired) electrons. The Morgan fingerprint density at radius 3 is 3.13 bits per heavy atom. The van der Waals surface area contributed by atoms with E-state index in [1.165, 1.54) is 5.01 Å². The number of aromatic nitrogens is 1. The minimum absolute atomic E-state index is 0.129. The zero-order valence-corrected chi connectivity index (χ0v) is 15.3. The summed E-state index contributed by atoms with van der Waals surface area (Å²) in [5.41, 5.74) is -0.129. The third kappa shape index (κ3) is 4.51. The first-order valence-corrected chi connectivity index (χ1v) is 9.47. The molecule has 6 heteroatoms. The molecule has 0 N–H and O–H groups in total. The summed E-state index contributed by atoms with van der Waals surface area (Å²) in [4.78, 5) is 9.28. The Morgan fingerprint density at radius 1 is 1.52 bits per heavy atom. The van der Waals surface area contributed by atoms with Gasteiger partial charge in [0.05, 0.1) is 26.4 Å². The molecule has 2 fully saturated rings. The highest BCUT2D eigenvalue weighted by Crippen LogP contribution is 2.33. The highest BCUT2D eigenvalue weighted by molar-refractivity contribution is 7.09. The molecule has 5 nitrogen and oxygen atoms in total. The van der Waals surface area contributed by atoms with Gasteiger partial charge in [0.1, 0.15) is 10.6 Å². The molecular weight excluding hydrogens is 310 g/mol. The van der Waals surface area contributed by atoms with E-state index in [1.54, 1.807) is 11.3 Å². The van der Waals surface area contributed by atoms with Crippen molar-refractivity contribution in [2.45, 2.75) is 38.5 Å². The fraction of sp³-hybridized carbons (Fsp3) is 0.824. The third-order valence-electron chi connectivity index (χ3n) is 4.98. The smallest absolute Gasteiger partial charge is 0.107 e. The van der Waals surface area contributed by atoms with Gasteiger partial charge in [-0.3, -0.25) is 4.90 Å². The van der Waals surface area contributed by atoms with Crippen molar-refractivity contribution in [2.75, 3.05) is 46.5 Å². The van der Waals surface area contributed by atoms with Crippen molar-refractivity contribution in [1.82, 2.24) is 14.8 Å². The lowest BCUT2D eigenvalue weighted by molar-refractivity contribution is -0.0563. The maximum Gasteiger partial charge on any atom is 0.107 e. The molecule has 0 aliphatic carbocycles. The maximum atomic E-state index is 6.29. The van der Waals surface area contributed by atoms with Crippen molar-refractivity contribution in [3.05, 3.63) is 16.6 Å². The van der Waals surface area contributed by atoms with Crippen LogP contribution in [0.1, 0.15) is 25.3 Å². The largest absolute Gasteiger partial charge is 0.377 e. The monoisotopic (exact) mass is 339 g/mol. The summed E-state index contributed by atoms with van der Waals surface area (Å²) < 4.78 is 12.2. The van der Waals surface area contributed by atoms with Crippen LogP contribution < -0.4 is 0 Å². The molecule has 1 spiro atoms. The second kappa shape index (κ2) is 7.57. The second-order valence-corrected chi connectivity index (χ2v) is 8.27. The summed E-state index contributed by atoms with van der Waals surface area (Å²) >= 11 is 1.73. The average Bonchev–Trinajstić information content (AvgIpc) is 3.09. The number of rotatable bonds is 5. The summed E-state index contributed by atoms with van der Waals surface area (Å²) in [6.07, 6.45) is 2.98. The highest BCUT2D eigenvalue weighted by atomic mass is 32.1. The van der Waals surface area contributed by atoms with Gasteiger partial charge in [-0.1, -0.05) is 0 Å². The van der Waals surface area contributed by atoms with Gasteiger partial charge in [0.25, 0.3) is 0 Å². The molecule has 0 unspecified atom stereocenters. The van der Waals surface area contributed by atoms with Crippen molar-refractivity contribution in [3.8, 4) is 0 Å². The van der Waals surface area contributed by atoms with Crippen LogP contribution in [0.3, 0.4) is 0 Å². The standard InChI is InChI=1S/C17H29N3O2S/c1-14(2)19(3)9-15-8-17(22-11-15)12-20(5-6-21-13-17)10-16-18-4-7-23-16/h4,7,14-15H,5-6,8-13H2,1-3H3/t15-,17-/m1/s1. The summed E-state index contributed by atoms with van der Waals surface area (Å²) in [5, 5.41) is 3.22. The zero-order valence-electron chi connectivity index (χ0n) is 14.5. The predicted octanol–water partition coefficient (Wildman–Crippen LogP) is 2.09. The lowest BCUT2D eigenvalue weighted by atomic mass is 9.93. The molecule has 2 aliphatic rings. The summed E-state index contributed by atoms with van der Waals surface area (Å²) in [7, 11) is 2.20. The first kappa shape index (κ1) is 17.3. The van der Waals surface area contributed by atoms with Crippen LogP contribution in [0.15, 0.2) is 11.6 Å². The fourth-order valence-corrected chi connectivity index (χ4v) is 4.18. The number of hydrogen-bond acceptors (Lipinski definition) is 6. The molecule has 1 aromatic rings. The molecule has 0 saturated carbocycles. The first-order valence-electron chi connectivity index (χ1n) is 8.59. The summed E-state index contributed by atoms with van der Waals surface area (Å²) in [6, 6.07) is 0.582. The normalized spacial score (nSPS) is 29.7. The van der Waals surface area contributed by atoms with E-state index in [1.807, 2.05) is 11.6 Å². The van der Waals surface area contributed by atoms with Crippen LogP contribution in [0.5, 0.6) is 0 Å². The number of nitrogens with zero attached hydrogens (tertiary/aromatic N) is 3. The summed E-state index contributed by atoms with van der Waals surface area (Å²) in [5.74, 6) is 0.603. The minimum Gasteiger partial charge on any atom is -0.377 e. The van der Waals surface area contributed by atoms with Gasteiger partial charge in [-0.15, -0.1) is 11.3 Å². The van der Waals surface area contributed by atoms with Gasteiger partial charge in [0.2, 0.25) is 0 Å². The Labute approximate surface area is 143 Å². The van der Waals surface area contributed by atoms with Crippen molar-refractivity contribution < 1.29 is 9.47 Å². The lowest BCUT2D eigenvalue weighted by Crippen LogP contribution is -2.44. The highest BCUT2D eigenvalue weighted by Gasteiger charge is 2.43. The van der Waals surface area contributed by atoms with E-state index in [0.29, 0.717) is 12.0 Å². The van der Waals surface area contributed by atoms with E-state index in [4.69, 9.17) is 9.47 Å². The molecule has 0 amide bonds. The third-order valence-corrected chi connectivity index (χ3v) is 5.75. The molecular formula is C17H29N3O2S. The molecule has 0 aromatic carbocycles. The Balaban J connectivity index is 1.59. The van der Waals surface area contributed by atoms with E-state index in [0.717, 1.165) is 52.4 Å². The van der Waals surface area contributed by atoms with E-state index in [9.17, 15) is 0 Å². The van der Waals surface area contributed by atoms with E-state index < -0.39 is 0 Å². The molecule has 2 atom stereocenters.